The number of aliphatic hydroxyl groups is 1. The summed E-state index contributed by atoms with van der Waals surface area (Å²) in [5.74, 6) is 0.789. The zero-order valence-corrected chi connectivity index (χ0v) is 11.4. The van der Waals surface area contributed by atoms with Gasteiger partial charge >= 0.3 is 0 Å². The van der Waals surface area contributed by atoms with E-state index in [1.165, 1.54) is 25.7 Å². The average Bonchev–Trinajstić information content (AvgIpc) is 2.19. The molecule has 16 heavy (non-hydrogen) atoms. The zero-order valence-electron chi connectivity index (χ0n) is 11.4. The summed E-state index contributed by atoms with van der Waals surface area (Å²) in [6, 6.07) is 1.09. The minimum absolute atomic E-state index is 0.236. The molecule has 0 bridgehead atoms. The predicted octanol–water partition coefficient (Wildman–Crippen LogP) is 2.95. The Morgan fingerprint density at radius 2 is 1.88 bits per heavy atom. The molecule has 0 saturated heterocycles. The molecule has 0 aromatic rings. The molecule has 0 aromatic heterocycles. The molecule has 1 aliphatic carbocycles. The van der Waals surface area contributed by atoms with Crippen LogP contribution in [0.3, 0.4) is 0 Å². The number of nitrogens with one attached hydrogen (secondary N) is 1. The minimum atomic E-state index is 0.236. The Kier molecular flexibility index (Phi) is 5.26. The van der Waals surface area contributed by atoms with Crippen molar-refractivity contribution in [1.29, 1.82) is 0 Å². The molecule has 2 nitrogen and oxygen atoms in total. The van der Waals surface area contributed by atoms with Crippen LogP contribution in [0, 0.1) is 11.3 Å². The van der Waals surface area contributed by atoms with E-state index in [1.807, 2.05) is 0 Å². The van der Waals surface area contributed by atoms with Crippen molar-refractivity contribution in [2.24, 2.45) is 11.3 Å². The van der Waals surface area contributed by atoms with Crippen molar-refractivity contribution in [3.63, 3.8) is 0 Å². The molecular formula is C14H29NO. The molecule has 2 N–H and O–H groups in total. The van der Waals surface area contributed by atoms with Crippen LogP contribution >= 0.6 is 0 Å². The maximum atomic E-state index is 9.16. The Balaban J connectivity index is 2.53. The van der Waals surface area contributed by atoms with E-state index in [0.29, 0.717) is 12.1 Å². The second kappa shape index (κ2) is 6.02. The third-order valence-electron chi connectivity index (χ3n) is 3.99. The van der Waals surface area contributed by atoms with E-state index < -0.39 is 0 Å². The standard InChI is InChI=1S/C14H29NO/c1-11-7-5-6-8-12(11)15-13(9-10-16)14(2,3)4/h11-13,15-16H,5-10H2,1-4H3. The van der Waals surface area contributed by atoms with Gasteiger partial charge in [0, 0.05) is 18.7 Å². The average molecular weight is 227 g/mol. The van der Waals surface area contributed by atoms with Crippen LogP contribution in [0.25, 0.3) is 0 Å². The van der Waals surface area contributed by atoms with Gasteiger partial charge in [-0.3, -0.25) is 0 Å². The van der Waals surface area contributed by atoms with E-state index in [9.17, 15) is 0 Å². The summed E-state index contributed by atoms with van der Waals surface area (Å²) in [5, 5.41) is 12.9. The zero-order chi connectivity index (χ0) is 12.2. The molecular weight excluding hydrogens is 198 g/mol. The summed E-state index contributed by atoms with van der Waals surface area (Å²) in [6.45, 7) is 9.42. The van der Waals surface area contributed by atoms with Gasteiger partial charge in [0.25, 0.3) is 0 Å². The van der Waals surface area contributed by atoms with E-state index in [2.05, 4.69) is 33.0 Å². The van der Waals surface area contributed by atoms with Crippen molar-refractivity contribution in [1.82, 2.24) is 5.32 Å². The summed E-state index contributed by atoms with van der Waals surface area (Å²) < 4.78 is 0. The van der Waals surface area contributed by atoms with Crippen LogP contribution < -0.4 is 5.32 Å². The Morgan fingerprint density at radius 1 is 1.25 bits per heavy atom. The second-order valence-corrected chi connectivity index (χ2v) is 6.47. The summed E-state index contributed by atoms with van der Waals surface area (Å²) >= 11 is 0. The summed E-state index contributed by atoms with van der Waals surface area (Å²) in [6.07, 6.45) is 6.27. The van der Waals surface area contributed by atoms with Gasteiger partial charge in [0.15, 0.2) is 0 Å². The molecule has 3 atom stereocenters. The number of hydrogen-bond acceptors (Lipinski definition) is 2. The smallest absolute Gasteiger partial charge is 0.0446 e. The van der Waals surface area contributed by atoms with Crippen LogP contribution in [0.2, 0.25) is 0 Å². The molecule has 0 aromatic carbocycles. The molecule has 0 heterocycles. The lowest BCUT2D eigenvalue weighted by Gasteiger charge is -2.38. The first kappa shape index (κ1) is 14.0. The van der Waals surface area contributed by atoms with Gasteiger partial charge in [-0.2, -0.15) is 0 Å². The Hall–Kier alpha value is -0.0800. The Morgan fingerprint density at radius 3 is 2.38 bits per heavy atom. The van der Waals surface area contributed by atoms with Crippen LogP contribution in [0.5, 0.6) is 0 Å². The summed E-state index contributed by atoms with van der Waals surface area (Å²) in [5.41, 5.74) is 0.236. The highest BCUT2D eigenvalue weighted by molar-refractivity contribution is 4.87. The predicted molar refractivity (Wildman–Crippen MR) is 69.5 cm³/mol. The van der Waals surface area contributed by atoms with Gasteiger partial charge < -0.3 is 10.4 Å². The maximum Gasteiger partial charge on any atom is 0.0446 e. The fourth-order valence-electron chi connectivity index (χ4n) is 2.72. The van der Waals surface area contributed by atoms with Crippen LogP contribution in [-0.2, 0) is 0 Å². The molecule has 0 spiro atoms. The minimum Gasteiger partial charge on any atom is -0.396 e. The number of rotatable bonds is 4. The van der Waals surface area contributed by atoms with E-state index in [4.69, 9.17) is 5.11 Å². The lowest BCUT2D eigenvalue weighted by atomic mass is 9.81. The van der Waals surface area contributed by atoms with Crippen LogP contribution in [0.4, 0.5) is 0 Å². The second-order valence-electron chi connectivity index (χ2n) is 6.47. The fourth-order valence-corrected chi connectivity index (χ4v) is 2.72. The first-order valence-electron chi connectivity index (χ1n) is 6.82. The van der Waals surface area contributed by atoms with E-state index in [0.717, 1.165) is 12.3 Å². The lowest BCUT2D eigenvalue weighted by molar-refractivity contribution is 0.157. The van der Waals surface area contributed by atoms with Gasteiger partial charge in [0.1, 0.15) is 0 Å². The molecule has 3 unspecified atom stereocenters. The molecule has 1 rings (SSSR count). The molecule has 0 radical (unpaired) electrons. The highest BCUT2D eigenvalue weighted by Gasteiger charge is 2.29. The molecule has 1 saturated carbocycles. The normalized spacial score (nSPS) is 29.1. The Bertz CT molecular complexity index is 197. The molecule has 96 valence electrons. The first-order valence-corrected chi connectivity index (χ1v) is 6.82. The number of aliphatic hydroxyl groups excluding tert-OH is 1. The summed E-state index contributed by atoms with van der Waals surface area (Å²) in [4.78, 5) is 0. The third kappa shape index (κ3) is 4.06. The van der Waals surface area contributed by atoms with E-state index >= 15 is 0 Å². The number of hydrogen-bond donors (Lipinski definition) is 2. The van der Waals surface area contributed by atoms with Crippen LogP contribution in [0.15, 0.2) is 0 Å². The quantitative estimate of drug-likeness (QED) is 0.774. The summed E-state index contributed by atoms with van der Waals surface area (Å²) in [7, 11) is 0. The monoisotopic (exact) mass is 227 g/mol. The van der Waals surface area contributed by atoms with Crippen molar-refractivity contribution < 1.29 is 5.11 Å². The lowest BCUT2D eigenvalue weighted by Crippen LogP contribution is -2.49. The molecule has 1 fully saturated rings. The fraction of sp³-hybridized carbons (Fsp3) is 1.00. The van der Waals surface area contributed by atoms with Gasteiger partial charge in [-0.1, -0.05) is 40.5 Å². The van der Waals surface area contributed by atoms with Crippen LogP contribution in [-0.4, -0.2) is 23.8 Å². The van der Waals surface area contributed by atoms with Gasteiger partial charge in [-0.15, -0.1) is 0 Å². The van der Waals surface area contributed by atoms with Gasteiger partial charge in [-0.05, 0) is 30.6 Å². The van der Waals surface area contributed by atoms with Crippen molar-refractivity contribution in [2.75, 3.05) is 6.61 Å². The van der Waals surface area contributed by atoms with E-state index in [1.54, 1.807) is 0 Å². The Labute approximate surface area is 101 Å². The van der Waals surface area contributed by atoms with Crippen molar-refractivity contribution >= 4 is 0 Å². The SMILES string of the molecule is CC1CCCCC1NC(CCO)C(C)(C)C. The highest BCUT2D eigenvalue weighted by Crippen LogP contribution is 2.28. The molecule has 0 aliphatic heterocycles. The van der Waals surface area contributed by atoms with Crippen molar-refractivity contribution in [3.05, 3.63) is 0 Å². The maximum absolute atomic E-state index is 9.16. The largest absolute Gasteiger partial charge is 0.396 e. The van der Waals surface area contributed by atoms with Crippen LogP contribution in [0.1, 0.15) is 59.8 Å². The molecule has 2 heteroatoms. The molecule has 1 aliphatic rings. The van der Waals surface area contributed by atoms with Crippen molar-refractivity contribution in [3.8, 4) is 0 Å². The third-order valence-corrected chi connectivity index (χ3v) is 3.99. The van der Waals surface area contributed by atoms with Gasteiger partial charge in [0.2, 0.25) is 0 Å². The first-order chi connectivity index (χ1) is 7.45. The highest BCUT2D eigenvalue weighted by atomic mass is 16.3. The van der Waals surface area contributed by atoms with Crippen molar-refractivity contribution in [2.45, 2.75) is 71.9 Å². The topological polar surface area (TPSA) is 32.3 Å². The van der Waals surface area contributed by atoms with E-state index in [-0.39, 0.29) is 12.0 Å². The van der Waals surface area contributed by atoms with Gasteiger partial charge in [-0.25, -0.2) is 0 Å². The molecule has 0 amide bonds. The van der Waals surface area contributed by atoms with Gasteiger partial charge in [0.05, 0.1) is 0 Å².